The number of carbonyl (C=O) groups excluding carboxylic acids is 1. The van der Waals surface area contributed by atoms with Crippen LogP contribution in [0.15, 0.2) is 0 Å². The molecule has 1 aliphatic carbocycles. The normalized spacial score (nSPS) is 25.1. The minimum atomic E-state index is -0.0554. The van der Waals surface area contributed by atoms with Gasteiger partial charge in [-0.15, -0.1) is 0 Å². The fourth-order valence-electron chi connectivity index (χ4n) is 2.53. The van der Waals surface area contributed by atoms with Crippen LogP contribution in [0.3, 0.4) is 0 Å². The van der Waals surface area contributed by atoms with E-state index in [9.17, 15) is 4.79 Å². The SMILES string of the molecule is COCC(C)CC(=O)N1CC(N)(C2CC2)C1. The first-order chi connectivity index (χ1) is 7.55. The standard InChI is InChI=1S/C12H22N2O2/c1-9(6-16-2)5-11(15)14-7-12(13,8-14)10-3-4-10/h9-10H,3-8,13H2,1-2H3. The molecular weight excluding hydrogens is 204 g/mol. The Hall–Kier alpha value is -0.610. The van der Waals surface area contributed by atoms with Gasteiger partial charge in [0, 0.05) is 33.2 Å². The zero-order chi connectivity index (χ0) is 11.8. The van der Waals surface area contributed by atoms with Gasteiger partial charge in [0.15, 0.2) is 0 Å². The summed E-state index contributed by atoms with van der Waals surface area (Å²) < 4.78 is 5.03. The van der Waals surface area contributed by atoms with Crippen LogP contribution in [0.2, 0.25) is 0 Å². The van der Waals surface area contributed by atoms with Crippen LogP contribution in [0.4, 0.5) is 0 Å². The molecule has 4 heteroatoms. The Bertz CT molecular complexity index is 270. The Morgan fingerprint density at radius 1 is 1.56 bits per heavy atom. The molecule has 2 N–H and O–H groups in total. The molecule has 1 atom stereocenters. The van der Waals surface area contributed by atoms with E-state index >= 15 is 0 Å². The first-order valence-corrected chi connectivity index (χ1v) is 6.11. The number of hydrogen-bond donors (Lipinski definition) is 1. The van der Waals surface area contributed by atoms with Crippen molar-refractivity contribution in [1.82, 2.24) is 4.90 Å². The molecule has 0 aromatic heterocycles. The van der Waals surface area contributed by atoms with Crippen molar-refractivity contribution in [3.8, 4) is 0 Å². The molecule has 0 bridgehead atoms. The summed E-state index contributed by atoms with van der Waals surface area (Å²) in [6.45, 7) is 4.21. The van der Waals surface area contributed by atoms with Crippen LogP contribution in [0.5, 0.6) is 0 Å². The summed E-state index contributed by atoms with van der Waals surface area (Å²) in [6.07, 6.45) is 3.08. The molecule has 2 fully saturated rings. The van der Waals surface area contributed by atoms with Crippen molar-refractivity contribution in [2.45, 2.75) is 31.7 Å². The van der Waals surface area contributed by atoms with Crippen LogP contribution >= 0.6 is 0 Å². The summed E-state index contributed by atoms with van der Waals surface area (Å²) in [6, 6.07) is 0. The number of ether oxygens (including phenoxy) is 1. The third-order valence-electron chi connectivity index (χ3n) is 3.69. The quantitative estimate of drug-likeness (QED) is 0.747. The van der Waals surface area contributed by atoms with E-state index in [4.69, 9.17) is 10.5 Å². The van der Waals surface area contributed by atoms with Gasteiger partial charge < -0.3 is 15.4 Å². The Morgan fingerprint density at radius 3 is 2.69 bits per heavy atom. The van der Waals surface area contributed by atoms with Gasteiger partial charge in [-0.3, -0.25) is 4.79 Å². The van der Waals surface area contributed by atoms with Crippen LogP contribution in [-0.4, -0.2) is 43.2 Å². The van der Waals surface area contributed by atoms with E-state index in [1.165, 1.54) is 12.8 Å². The maximum Gasteiger partial charge on any atom is 0.223 e. The van der Waals surface area contributed by atoms with Crippen molar-refractivity contribution in [3.63, 3.8) is 0 Å². The van der Waals surface area contributed by atoms with Crippen molar-refractivity contribution in [2.75, 3.05) is 26.8 Å². The van der Waals surface area contributed by atoms with E-state index in [1.54, 1.807) is 7.11 Å². The van der Waals surface area contributed by atoms with Crippen molar-refractivity contribution in [2.24, 2.45) is 17.6 Å². The zero-order valence-electron chi connectivity index (χ0n) is 10.2. The highest BCUT2D eigenvalue weighted by Gasteiger charge is 2.51. The van der Waals surface area contributed by atoms with Gasteiger partial charge in [0.1, 0.15) is 0 Å². The van der Waals surface area contributed by atoms with Gasteiger partial charge in [0.05, 0.1) is 5.54 Å². The number of likely N-dealkylation sites (tertiary alicyclic amines) is 1. The molecule has 1 unspecified atom stereocenters. The van der Waals surface area contributed by atoms with Crippen LogP contribution < -0.4 is 5.73 Å². The van der Waals surface area contributed by atoms with Crippen molar-refractivity contribution >= 4 is 5.91 Å². The highest BCUT2D eigenvalue weighted by molar-refractivity contribution is 5.77. The smallest absolute Gasteiger partial charge is 0.223 e. The van der Waals surface area contributed by atoms with Gasteiger partial charge in [-0.25, -0.2) is 0 Å². The first kappa shape index (κ1) is 11.9. The lowest BCUT2D eigenvalue weighted by molar-refractivity contribution is -0.140. The molecule has 1 saturated heterocycles. The molecule has 0 aromatic carbocycles. The second kappa shape index (κ2) is 4.34. The first-order valence-electron chi connectivity index (χ1n) is 6.11. The lowest BCUT2D eigenvalue weighted by Crippen LogP contribution is -2.69. The second-order valence-corrected chi connectivity index (χ2v) is 5.52. The monoisotopic (exact) mass is 226 g/mol. The van der Waals surface area contributed by atoms with Crippen molar-refractivity contribution in [3.05, 3.63) is 0 Å². The molecule has 0 aromatic rings. The summed E-state index contributed by atoms with van der Waals surface area (Å²) in [4.78, 5) is 13.7. The molecule has 1 saturated carbocycles. The average Bonchev–Trinajstić information content (AvgIpc) is 2.96. The van der Waals surface area contributed by atoms with Gasteiger partial charge in [-0.05, 0) is 24.7 Å². The summed E-state index contributed by atoms with van der Waals surface area (Å²) in [7, 11) is 1.67. The van der Waals surface area contributed by atoms with E-state index in [0.717, 1.165) is 13.1 Å². The minimum Gasteiger partial charge on any atom is -0.384 e. The molecule has 16 heavy (non-hydrogen) atoms. The average molecular weight is 226 g/mol. The molecule has 4 nitrogen and oxygen atoms in total. The largest absolute Gasteiger partial charge is 0.384 e. The van der Waals surface area contributed by atoms with Crippen molar-refractivity contribution in [1.29, 1.82) is 0 Å². The maximum atomic E-state index is 11.9. The maximum absolute atomic E-state index is 11.9. The Labute approximate surface area is 97.1 Å². The number of nitrogens with zero attached hydrogens (tertiary/aromatic N) is 1. The Kier molecular flexibility index (Phi) is 3.22. The summed E-state index contributed by atoms with van der Waals surface area (Å²) in [5, 5.41) is 0. The lowest BCUT2D eigenvalue weighted by Gasteiger charge is -2.48. The van der Waals surface area contributed by atoms with Gasteiger partial charge in [-0.2, -0.15) is 0 Å². The second-order valence-electron chi connectivity index (χ2n) is 5.52. The van der Waals surface area contributed by atoms with E-state index in [0.29, 0.717) is 24.9 Å². The van der Waals surface area contributed by atoms with E-state index in [2.05, 4.69) is 0 Å². The molecule has 1 aliphatic heterocycles. The van der Waals surface area contributed by atoms with Crippen molar-refractivity contribution < 1.29 is 9.53 Å². The molecule has 92 valence electrons. The van der Waals surface area contributed by atoms with E-state index in [-0.39, 0.29) is 11.4 Å². The number of rotatable bonds is 5. The molecule has 0 radical (unpaired) electrons. The minimum absolute atomic E-state index is 0.0554. The van der Waals surface area contributed by atoms with Gasteiger partial charge in [0.25, 0.3) is 0 Å². The van der Waals surface area contributed by atoms with E-state index < -0.39 is 0 Å². The zero-order valence-corrected chi connectivity index (χ0v) is 10.2. The van der Waals surface area contributed by atoms with Crippen LogP contribution in [0.1, 0.15) is 26.2 Å². The molecule has 2 aliphatic rings. The number of hydrogen-bond acceptors (Lipinski definition) is 3. The third kappa shape index (κ3) is 2.38. The van der Waals surface area contributed by atoms with E-state index in [1.807, 2.05) is 11.8 Å². The highest BCUT2D eigenvalue weighted by atomic mass is 16.5. The third-order valence-corrected chi connectivity index (χ3v) is 3.69. The Morgan fingerprint density at radius 2 is 2.19 bits per heavy atom. The molecule has 1 amide bonds. The van der Waals surface area contributed by atoms with Gasteiger partial charge in [-0.1, -0.05) is 6.92 Å². The van der Waals surface area contributed by atoms with Gasteiger partial charge >= 0.3 is 0 Å². The molecular formula is C12H22N2O2. The number of amides is 1. The molecule has 2 rings (SSSR count). The predicted molar refractivity (Wildman–Crippen MR) is 61.9 cm³/mol. The summed E-state index contributed by atoms with van der Waals surface area (Å²) >= 11 is 0. The number of carbonyl (C=O) groups is 1. The summed E-state index contributed by atoms with van der Waals surface area (Å²) in [5.74, 6) is 1.20. The lowest BCUT2D eigenvalue weighted by atomic mass is 9.85. The fraction of sp³-hybridized carbons (Fsp3) is 0.917. The van der Waals surface area contributed by atoms with Crippen LogP contribution in [0, 0.1) is 11.8 Å². The van der Waals surface area contributed by atoms with Crippen LogP contribution in [0.25, 0.3) is 0 Å². The van der Waals surface area contributed by atoms with Gasteiger partial charge in [0.2, 0.25) is 5.91 Å². The summed E-state index contributed by atoms with van der Waals surface area (Å²) in [5.41, 5.74) is 6.15. The molecule has 0 spiro atoms. The fourth-order valence-corrected chi connectivity index (χ4v) is 2.53. The Balaban J connectivity index is 1.72. The van der Waals surface area contributed by atoms with Crippen LogP contribution in [-0.2, 0) is 9.53 Å². The number of nitrogens with two attached hydrogens (primary N) is 1. The highest BCUT2D eigenvalue weighted by Crippen LogP contribution is 2.43. The molecule has 1 heterocycles. The topological polar surface area (TPSA) is 55.6 Å². The number of methoxy groups -OCH3 is 1. The predicted octanol–water partition coefficient (Wildman–Crippen LogP) is 0.609.